The first-order chi connectivity index (χ1) is 12.3. The van der Waals surface area contributed by atoms with Crippen molar-refractivity contribution in [2.75, 3.05) is 0 Å². The number of aromatic nitrogens is 4. The van der Waals surface area contributed by atoms with Crippen LogP contribution in [0.4, 0.5) is 0 Å². The monoisotopic (exact) mass is 354 g/mol. The van der Waals surface area contributed by atoms with E-state index in [0.717, 1.165) is 33.8 Å². The van der Waals surface area contributed by atoms with Crippen molar-refractivity contribution < 1.29 is 4.52 Å². The molecule has 5 nitrogen and oxygen atoms in total. The molecular formula is C19H22N4OS. The van der Waals surface area contributed by atoms with Crippen LogP contribution in [0.2, 0.25) is 0 Å². The molecule has 0 unspecified atom stereocenters. The number of thioether (sulfide) groups is 1. The second kappa shape index (κ2) is 7.44. The molecular weight excluding hydrogens is 332 g/mol. The normalized spacial score (nSPS) is 15.6. The molecule has 0 spiro atoms. The van der Waals surface area contributed by atoms with E-state index in [9.17, 15) is 0 Å². The lowest BCUT2D eigenvalue weighted by Gasteiger charge is -2.24. The van der Waals surface area contributed by atoms with Crippen LogP contribution < -0.4 is 0 Å². The van der Waals surface area contributed by atoms with Gasteiger partial charge in [0, 0.05) is 23.4 Å². The van der Waals surface area contributed by atoms with Crippen LogP contribution in [-0.2, 0) is 5.75 Å². The van der Waals surface area contributed by atoms with Crippen LogP contribution in [0.5, 0.6) is 0 Å². The Bertz CT molecular complexity index is 821. The van der Waals surface area contributed by atoms with E-state index in [1.165, 1.54) is 32.1 Å². The van der Waals surface area contributed by atoms with E-state index in [-0.39, 0.29) is 0 Å². The summed E-state index contributed by atoms with van der Waals surface area (Å²) in [5, 5.41) is 13.9. The molecule has 0 aliphatic heterocycles. The van der Waals surface area contributed by atoms with Gasteiger partial charge in [-0.2, -0.15) is 0 Å². The lowest BCUT2D eigenvalue weighted by Crippen LogP contribution is -2.15. The summed E-state index contributed by atoms with van der Waals surface area (Å²) in [7, 11) is 0. The number of nitrogens with zero attached hydrogens (tertiary/aromatic N) is 4. The third-order valence-corrected chi connectivity index (χ3v) is 5.72. The van der Waals surface area contributed by atoms with E-state index in [1.54, 1.807) is 11.8 Å². The highest BCUT2D eigenvalue weighted by atomic mass is 32.2. The molecule has 0 atom stereocenters. The van der Waals surface area contributed by atoms with Crippen molar-refractivity contribution in [1.82, 2.24) is 19.9 Å². The van der Waals surface area contributed by atoms with Gasteiger partial charge < -0.3 is 9.09 Å². The standard InChI is InChI=1S/C19H22N4OS/c1-14-20-21-19(23(14)17-10-6-3-7-11-17)25-13-16-12-18(24-22-16)15-8-4-2-5-9-15/h2,4-5,8-9,12,17H,3,6-7,10-11,13H2,1H3. The van der Waals surface area contributed by atoms with Gasteiger partial charge >= 0.3 is 0 Å². The van der Waals surface area contributed by atoms with Crippen molar-refractivity contribution in [3.8, 4) is 11.3 Å². The van der Waals surface area contributed by atoms with Crippen molar-refractivity contribution in [2.45, 2.75) is 56.0 Å². The SMILES string of the molecule is Cc1nnc(SCc2cc(-c3ccccc3)on2)n1C1CCCCC1. The second-order valence-corrected chi connectivity index (χ2v) is 7.47. The number of hydrogen-bond acceptors (Lipinski definition) is 5. The highest BCUT2D eigenvalue weighted by Crippen LogP contribution is 2.33. The number of benzene rings is 1. The Labute approximate surface area is 151 Å². The maximum Gasteiger partial charge on any atom is 0.191 e. The van der Waals surface area contributed by atoms with Crippen molar-refractivity contribution >= 4 is 11.8 Å². The van der Waals surface area contributed by atoms with Gasteiger partial charge in [0.25, 0.3) is 0 Å². The van der Waals surface area contributed by atoms with E-state index in [0.29, 0.717) is 6.04 Å². The lowest BCUT2D eigenvalue weighted by atomic mass is 9.95. The zero-order chi connectivity index (χ0) is 17.1. The number of hydrogen-bond donors (Lipinski definition) is 0. The van der Waals surface area contributed by atoms with Crippen molar-refractivity contribution in [3.05, 3.63) is 47.9 Å². The molecule has 1 fully saturated rings. The minimum absolute atomic E-state index is 0.545. The van der Waals surface area contributed by atoms with E-state index < -0.39 is 0 Å². The molecule has 1 saturated carbocycles. The zero-order valence-electron chi connectivity index (χ0n) is 14.4. The minimum Gasteiger partial charge on any atom is -0.356 e. The molecule has 25 heavy (non-hydrogen) atoms. The minimum atomic E-state index is 0.545. The third kappa shape index (κ3) is 3.63. The molecule has 6 heteroatoms. The van der Waals surface area contributed by atoms with Crippen LogP contribution in [0.1, 0.15) is 49.7 Å². The summed E-state index contributed by atoms with van der Waals surface area (Å²) in [5.41, 5.74) is 1.98. The quantitative estimate of drug-likeness (QED) is 0.601. The van der Waals surface area contributed by atoms with Crippen LogP contribution in [0.3, 0.4) is 0 Å². The molecule has 1 aromatic carbocycles. The summed E-state index contributed by atoms with van der Waals surface area (Å²) in [6.45, 7) is 2.05. The molecule has 0 saturated heterocycles. The molecule has 0 bridgehead atoms. The van der Waals surface area contributed by atoms with Gasteiger partial charge in [-0.05, 0) is 19.8 Å². The van der Waals surface area contributed by atoms with Gasteiger partial charge in [-0.1, -0.05) is 66.5 Å². The van der Waals surface area contributed by atoms with Gasteiger partial charge in [-0.25, -0.2) is 0 Å². The molecule has 1 aliphatic rings. The predicted molar refractivity (Wildman–Crippen MR) is 98.4 cm³/mol. The van der Waals surface area contributed by atoms with Gasteiger partial charge in [-0.3, -0.25) is 0 Å². The fraction of sp³-hybridized carbons (Fsp3) is 0.421. The molecule has 2 aromatic heterocycles. The maximum absolute atomic E-state index is 5.48. The van der Waals surface area contributed by atoms with Gasteiger partial charge in [0.05, 0.1) is 5.69 Å². The summed E-state index contributed by atoms with van der Waals surface area (Å²) >= 11 is 1.69. The van der Waals surface area contributed by atoms with E-state index in [2.05, 4.69) is 26.8 Å². The highest BCUT2D eigenvalue weighted by Gasteiger charge is 2.21. The molecule has 2 heterocycles. The molecule has 0 N–H and O–H groups in total. The Morgan fingerprint density at radius 1 is 1.12 bits per heavy atom. The zero-order valence-corrected chi connectivity index (χ0v) is 15.2. The van der Waals surface area contributed by atoms with Gasteiger partial charge in [0.15, 0.2) is 10.9 Å². The maximum atomic E-state index is 5.48. The smallest absolute Gasteiger partial charge is 0.191 e. The molecule has 130 valence electrons. The molecule has 3 aromatic rings. The van der Waals surface area contributed by atoms with Crippen molar-refractivity contribution in [2.24, 2.45) is 0 Å². The average Bonchev–Trinajstić information content (AvgIpc) is 3.28. The average molecular weight is 354 g/mol. The van der Waals surface area contributed by atoms with Gasteiger partial charge in [0.2, 0.25) is 0 Å². The Morgan fingerprint density at radius 2 is 1.92 bits per heavy atom. The first-order valence-corrected chi connectivity index (χ1v) is 9.85. The van der Waals surface area contributed by atoms with E-state index in [1.807, 2.05) is 36.4 Å². The molecule has 0 amide bonds. The predicted octanol–water partition coefficient (Wildman–Crippen LogP) is 5.04. The largest absolute Gasteiger partial charge is 0.356 e. The highest BCUT2D eigenvalue weighted by molar-refractivity contribution is 7.98. The summed E-state index contributed by atoms with van der Waals surface area (Å²) in [6, 6.07) is 12.6. The first-order valence-electron chi connectivity index (χ1n) is 8.86. The Hall–Kier alpha value is -2.08. The molecule has 0 radical (unpaired) electrons. The second-order valence-electron chi connectivity index (χ2n) is 6.53. The summed E-state index contributed by atoms with van der Waals surface area (Å²) < 4.78 is 7.81. The van der Waals surface area contributed by atoms with Crippen LogP contribution in [-0.4, -0.2) is 19.9 Å². The van der Waals surface area contributed by atoms with E-state index >= 15 is 0 Å². The Kier molecular flexibility index (Phi) is 4.88. The Morgan fingerprint density at radius 3 is 2.72 bits per heavy atom. The Balaban J connectivity index is 1.46. The topological polar surface area (TPSA) is 56.7 Å². The van der Waals surface area contributed by atoms with Gasteiger partial charge in [-0.15, -0.1) is 10.2 Å². The van der Waals surface area contributed by atoms with Crippen LogP contribution in [0.25, 0.3) is 11.3 Å². The van der Waals surface area contributed by atoms with Crippen LogP contribution in [0, 0.1) is 6.92 Å². The molecule has 1 aliphatic carbocycles. The van der Waals surface area contributed by atoms with Crippen LogP contribution in [0.15, 0.2) is 46.1 Å². The summed E-state index contributed by atoms with van der Waals surface area (Å²) in [4.78, 5) is 0. The number of aryl methyl sites for hydroxylation is 1. The summed E-state index contributed by atoms with van der Waals surface area (Å²) in [5.74, 6) is 2.56. The van der Waals surface area contributed by atoms with E-state index in [4.69, 9.17) is 4.52 Å². The first kappa shape index (κ1) is 16.4. The number of rotatable bonds is 5. The third-order valence-electron chi connectivity index (χ3n) is 4.74. The van der Waals surface area contributed by atoms with Crippen LogP contribution >= 0.6 is 11.8 Å². The summed E-state index contributed by atoms with van der Waals surface area (Å²) in [6.07, 6.45) is 6.41. The van der Waals surface area contributed by atoms with Crippen molar-refractivity contribution in [1.29, 1.82) is 0 Å². The lowest BCUT2D eigenvalue weighted by molar-refractivity contribution is 0.332. The molecule has 4 rings (SSSR count). The van der Waals surface area contributed by atoms with Gasteiger partial charge in [0.1, 0.15) is 5.82 Å². The fourth-order valence-corrected chi connectivity index (χ4v) is 4.40. The van der Waals surface area contributed by atoms with Crippen molar-refractivity contribution in [3.63, 3.8) is 0 Å². The fourth-order valence-electron chi connectivity index (χ4n) is 3.46.